The largest absolute Gasteiger partial charge is 0.438 e. The Morgan fingerprint density at radius 1 is 1.25 bits per heavy atom. The maximum absolute atomic E-state index is 8.77. The Labute approximate surface area is 119 Å². The van der Waals surface area contributed by atoms with Gasteiger partial charge < -0.3 is 10.5 Å². The molecule has 0 saturated heterocycles. The lowest BCUT2D eigenvalue weighted by Gasteiger charge is -2.06. The second-order valence-electron chi connectivity index (χ2n) is 4.20. The Morgan fingerprint density at radius 3 is 2.70 bits per heavy atom. The summed E-state index contributed by atoms with van der Waals surface area (Å²) in [5, 5.41) is 9.61. The molecule has 0 spiro atoms. The number of nitriles is 1. The normalized spacial score (nSPS) is 10.4. The maximum atomic E-state index is 8.77. The second kappa shape index (κ2) is 4.79. The number of aryl methyl sites for hydroxylation is 1. The van der Waals surface area contributed by atoms with E-state index < -0.39 is 0 Å². The van der Waals surface area contributed by atoms with E-state index >= 15 is 0 Å². The average molecular weight is 282 g/mol. The molecule has 0 unspecified atom stereocenters. The summed E-state index contributed by atoms with van der Waals surface area (Å²) in [6.45, 7) is 1.99. The number of nitrogens with two attached hydrogens (primary N) is 1. The standard InChI is InChI=1S/C14H10N4OS/c1-8-6-11-12(17-14(16)18-13(11)20-8)19-10-4-2-9(7-15)3-5-10/h2-6H,1H3,(H2,16,17,18). The predicted octanol–water partition coefficient (Wildman–Crippen LogP) is 3.25. The summed E-state index contributed by atoms with van der Waals surface area (Å²) in [5.41, 5.74) is 6.27. The number of thiophene rings is 1. The molecule has 0 aliphatic carbocycles. The fourth-order valence-corrected chi connectivity index (χ4v) is 2.70. The van der Waals surface area contributed by atoms with Crippen molar-refractivity contribution in [2.45, 2.75) is 6.92 Å². The molecule has 5 nitrogen and oxygen atoms in total. The summed E-state index contributed by atoms with van der Waals surface area (Å²) >= 11 is 1.54. The summed E-state index contributed by atoms with van der Waals surface area (Å²) in [7, 11) is 0. The van der Waals surface area contributed by atoms with E-state index in [4.69, 9.17) is 15.7 Å². The first-order valence-electron chi connectivity index (χ1n) is 5.87. The number of benzene rings is 1. The van der Waals surface area contributed by atoms with Gasteiger partial charge in [0.25, 0.3) is 0 Å². The molecule has 0 radical (unpaired) electrons. The predicted molar refractivity (Wildman–Crippen MR) is 77.8 cm³/mol. The Bertz CT molecular complexity index is 818. The third-order valence-electron chi connectivity index (χ3n) is 2.70. The molecule has 0 aliphatic rings. The number of ether oxygens (including phenoxy) is 1. The third-order valence-corrected chi connectivity index (χ3v) is 3.64. The molecule has 3 aromatic rings. The molecule has 0 amide bonds. The molecule has 2 heterocycles. The molecule has 0 bridgehead atoms. The fourth-order valence-electron chi connectivity index (χ4n) is 1.82. The highest BCUT2D eigenvalue weighted by molar-refractivity contribution is 7.18. The minimum Gasteiger partial charge on any atom is -0.438 e. The van der Waals surface area contributed by atoms with Gasteiger partial charge in [0.2, 0.25) is 11.8 Å². The molecule has 3 rings (SSSR count). The summed E-state index contributed by atoms with van der Waals surface area (Å²) in [5.74, 6) is 1.22. The van der Waals surface area contributed by atoms with Gasteiger partial charge in [0, 0.05) is 4.88 Å². The summed E-state index contributed by atoms with van der Waals surface area (Å²) < 4.78 is 5.75. The van der Waals surface area contributed by atoms with Crippen LogP contribution in [-0.2, 0) is 0 Å². The van der Waals surface area contributed by atoms with Gasteiger partial charge in [-0.3, -0.25) is 0 Å². The molecule has 0 aliphatic heterocycles. The van der Waals surface area contributed by atoms with Crippen LogP contribution in [0, 0.1) is 18.3 Å². The van der Waals surface area contributed by atoms with Crippen molar-refractivity contribution in [3.8, 4) is 17.7 Å². The van der Waals surface area contributed by atoms with Crippen molar-refractivity contribution in [2.75, 3.05) is 5.73 Å². The van der Waals surface area contributed by atoms with E-state index in [9.17, 15) is 0 Å². The van der Waals surface area contributed by atoms with Gasteiger partial charge >= 0.3 is 0 Å². The van der Waals surface area contributed by atoms with Crippen LogP contribution in [0.15, 0.2) is 30.3 Å². The highest BCUT2D eigenvalue weighted by atomic mass is 32.1. The van der Waals surface area contributed by atoms with Crippen molar-refractivity contribution in [1.29, 1.82) is 5.26 Å². The van der Waals surface area contributed by atoms with E-state index in [1.54, 1.807) is 35.6 Å². The average Bonchev–Trinajstić information content (AvgIpc) is 2.80. The molecule has 0 fully saturated rings. The van der Waals surface area contributed by atoms with Crippen LogP contribution in [0.3, 0.4) is 0 Å². The Morgan fingerprint density at radius 2 is 2.00 bits per heavy atom. The van der Waals surface area contributed by atoms with Crippen LogP contribution >= 0.6 is 11.3 Å². The van der Waals surface area contributed by atoms with Crippen LogP contribution in [0.25, 0.3) is 10.2 Å². The van der Waals surface area contributed by atoms with Crippen molar-refractivity contribution in [3.63, 3.8) is 0 Å². The molecule has 2 N–H and O–H groups in total. The van der Waals surface area contributed by atoms with Gasteiger partial charge in [-0.1, -0.05) is 0 Å². The number of anilines is 1. The van der Waals surface area contributed by atoms with Gasteiger partial charge in [-0.05, 0) is 37.3 Å². The Balaban J connectivity index is 2.03. The first-order valence-corrected chi connectivity index (χ1v) is 6.69. The molecule has 2 aromatic heterocycles. The molecule has 6 heteroatoms. The van der Waals surface area contributed by atoms with E-state index in [-0.39, 0.29) is 5.95 Å². The second-order valence-corrected chi connectivity index (χ2v) is 5.44. The molecule has 0 atom stereocenters. The van der Waals surface area contributed by atoms with Crippen LogP contribution in [0.1, 0.15) is 10.4 Å². The fraction of sp³-hybridized carbons (Fsp3) is 0.0714. The zero-order valence-corrected chi connectivity index (χ0v) is 11.4. The molecule has 1 aromatic carbocycles. The summed E-state index contributed by atoms with van der Waals surface area (Å²) in [6, 6.07) is 10.9. The van der Waals surface area contributed by atoms with Gasteiger partial charge in [-0.15, -0.1) is 11.3 Å². The molecule has 0 saturated carbocycles. The van der Waals surface area contributed by atoms with Crippen LogP contribution in [-0.4, -0.2) is 9.97 Å². The van der Waals surface area contributed by atoms with Crippen LogP contribution in [0.5, 0.6) is 11.6 Å². The number of aromatic nitrogens is 2. The van der Waals surface area contributed by atoms with E-state index in [1.807, 2.05) is 13.0 Å². The molecule has 98 valence electrons. The quantitative estimate of drug-likeness (QED) is 0.779. The lowest BCUT2D eigenvalue weighted by Crippen LogP contribution is -1.97. The van der Waals surface area contributed by atoms with Crippen molar-refractivity contribution in [3.05, 3.63) is 40.8 Å². The van der Waals surface area contributed by atoms with Gasteiger partial charge in [-0.2, -0.15) is 10.2 Å². The topological polar surface area (TPSA) is 84.8 Å². The third kappa shape index (κ3) is 2.27. The monoisotopic (exact) mass is 282 g/mol. The van der Waals surface area contributed by atoms with Crippen LogP contribution < -0.4 is 10.5 Å². The lowest BCUT2D eigenvalue weighted by molar-refractivity contribution is 0.469. The van der Waals surface area contributed by atoms with E-state index in [0.717, 1.165) is 15.1 Å². The zero-order valence-electron chi connectivity index (χ0n) is 10.6. The molecule has 20 heavy (non-hydrogen) atoms. The molecular formula is C14H10N4OS. The number of rotatable bonds is 2. The maximum Gasteiger partial charge on any atom is 0.232 e. The minimum absolute atomic E-state index is 0.183. The number of nitrogen functional groups attached to an aromatic ring is 1. The van der Waals surface area contributed by atoms with E-state index in [2.05, 4.69) is 16.0 Å². The van der Waals surface area contributed by atoms with Gasteiger partial charge in [-0.25, -0.2) is 4.98 Å². The van der Waals surface area contributed by atoms with E-state index in [0.29, 0.717) is 17.2 Å². The SMILES string of the molecule is Cc1cc2c(Oc3ccc(C#N)cc3)nc(N)nc2s1. The number of hydrogen-bond donors (Lipinski definition) is 1. The van der Waals surface area contributed by atoms with Crippen molar-refractivity contribution < 1.29 is 4.74 Å². The van der Waals surface area contributed by atoms with Crippen molar-refractivity contribution in [2.24, 2.45) is 0 Å². The number of nitrogens with zero attached hydrogens (tertiary/aromatic N) is 3. The zero-order chi connectivity index (χ0) is 14.1. The summed E-state index contributed by atoms with van der Waals surface area (Å²) in [4.78, 5) is 10.2. The first kappa shape index (κ1) is 12.4. The van der Waals surface area contributed by atoms with Gasteiger partial charge in [0.1, 0.15) is 10.6 Å². The highest BCUT2D eigenvalue weighted by Crippen LogP contribution is 2.33. The van der Waals surface area contributed by atoms with Crippen molar-refractivity contribution in [1.82, 2.24) is 9.97 Å². The number of hydrogen-bond acceptors (Lipinski definition) is 6. The minimum atomic E-state index is 0.183. The van der Waals surface area contributed by atoms with Crippen LogP contribution in [0.4, 0.5) is 5.95 Å². The number of fused-ring (bicyclic) bond motifs is 1. The van der Waals surface area contributed by atoms with Crippen LogP contribution in [0.2, 0.25) is 0 Å². The highest BCUT2D eigenvalue weighted by Gasteiger charge is 2.11. The lowest BCUT2D eigenvalue weighted by atomic mass is 10.2. The van der Waals surface area contributed by atoms with Gasteiger partial charge in [0.05, 0.1) is 17.0 Å². The van der Waals surface area contributed by atoms with Gasteiger partial charge in [0.15, 0.2) is 0 Å². The summed E-state index contributed by atoms with van der Waals surface area (Å²) in [6.07, 6.45) is 0. The Kier molecular flexibility index (Phi) is 2.97. The Hall–Kier alpha value is -2.65. The smallest absolute Gasteiger partial charge is 0.232 e. The van der Waals surface area contributed by atoms with Crippen molar-refractivity contribution >= 4 is 27.5 Å². The molecular weight excluding hydrogens is 272 g/mol. The first-order chi connectivity index (χ1) is 9.65. The van der Waals surface area contributed by atoms with E-state index in [1.165, 1.54) is 0 Å².